The number of halogens is 3. The summed E-state index contributed by atoms with van der Waals surface area (Å²) in [4.78, 5) is 0. The largest absolute Gasteiger partial charge is 0.320 e. The number of hydrogen-bond acceptors (Lipinski definition) is 1. The number of nitrogens with two attached hydrogens (primary N) is 1. The fourth-order valence-electron chi connectivity index (χ4n) is 1.92. The van der Waals surface area contributed by atoms with E-state index in [0.717, 1.165) is 6.07 Å². The first kappa shape index (κ1) is 12.6. The monoisotopic (exact) mass is 251 g/mol. The molecule has 0 saturated heterocycles. The third-order valence-corrected chi connectivity index (χ3v) is 2.81. The topological polar surface area (TPSA) is 26.0 Å². The lowest BCUT2D eigenvalue weighted by Crippen LogP contribution is -2.14. The quantitative estimate of drug-likeness (QED) is 0.869. The van der Waals surface area contributed by atoms with Crippen LogP contribution in [-0.4, -0.2) is 0 Å². The second kappa shape index (κ2) is 4.82. The molecule has 0 saturated carbocycles. The summed E-state index contributed by atoms with van der Waals surface area (Å²) in [6, 6.07) is 6.59. The molecule has 0 fully saturated rings. The minimum absolute atomic E-state index is 0.321. The smallest absolute Gasteiger partial charge is 0.126 e. The van der Waals surface area contributed by atoms with Crippen LogP contribution in [-0.2, 0) is 0 Å². The van der Waals surface area contributed by atoms with Gasteiger partial charge in [-0.05, 0) is 47.9 Å². The highest BCUT2D eigenvalue weighted by Crippen LogP contribution is 2.24. The summed E-state index contributed by atoms with van der Waals surface area (Å²) in [7, 11) is 0. The van der Waals surface area contributed by atoms with Gasteiger partial charge in [-0.25, -0.2) is 13.2 Å². The molecular weight excluding hydrogens is 239 g/mol. The molecule has 1 atom stereocenters. The molecule has 2 N–H and O–H groups in total. The van der Waals surface area contributed by atoms with Crippen molar-refractivity contribution in [3.63, 3.8) is 0 Å². The van der Waals surface area contributed by atoms with E-state index in [2.05, 4.69) is 0 Å². The summed E-state index contributed by atoms with van der Waals surface area (Å²) in [6.45, 7) is 1.70. The van der Waals surface area contributed by atoms with Gasteiger partial charge in [0, 0.05) is 6.07 Å². The Balaban J connectivity index is 2.44. The van der Waals surface area contributed by atoms with Gasteiger partial charge in [0.15, 0.2) is 0 Å². The zero-order valence-electron chi connectivity index (χ0n) is 9.75. The maximum Gasteiger partial charge on any atom is 0.126 e. The zero-order chi connectivity index (χ0) is 13.3. The summed E-state index contributed by atoms with van der Waals surface area (Å²) < 4.78 is 39.2. The Morgan fingerprint density at radius 1 is 0.889 bits per heavy atom. The molecule has 0 aliphatic carbocycles. The van der Waals surface area contributed by atoms with E-state index in [0.29, 0.717) is 16.7 Å². The highest BCUT2D eigenvalue weighted by Gasteiger charge is 2.14. The molecule has 0 bridgehead atoms. The van der Waals surface area contributed by atoms with Crippen molar-refractivity contribution in [2.75, 3.05) is 0 Å². The molecule has 0 aliphatic rings. The van der Waals surface area contributed by atoms with Gasteiger partial charge in [0.2, 0.25) is 0 Å². The fraction of sp³-hybridized carbons (Fsp3) is 0.143. The molecule has 0 amide bonds. The predicted molar refractivity (Wildman–Crippen MR) is 63.5 cm³/mol. The molecule has 4 heteroatoms. The Morgan fingerprint density at radius 2 is 1.50 bits per heavy atom. The maximum absolute atomic E-state index is 13.1. The fourth-order valence-corrected chi connectivity index (χ4v) is 1.92. The Morgan fingerprint density at radius 3 is 2.06 bits per heavy atom. The normalized spacial score (nSPS) is 12.5. The van der Waals surface area contributed by atoms with E-state index >= 15 is 0 Å². The van der Waals surface area contributed by atoms with Gasteiger partial charge in [0.25, 0.3) is 0 Å². The molecule has 0 radical (unpaired) electrons. The van der Waals surface area contributed by atoms with Crippen LogP contribution in [0.15, 0.2) is 36.4 Å². The summed E-state index contributed by atoms with van der Waals surface area (Å²) in [6.07, 6.45) is 0. The predicted octanol–water partition coefficient (Wildman–Crippen LogP) is 3.46. The highest BCUT2D eigenvalue weighted by molar-refractivity contribution is 5.37. The molecular formula is C14H12F3N. The van der Waals surface area contributed by atoms with Crippen LogP contribution in [0.2, 0.25) is 0 Å². The Labute approximate surface area is 103 Å². The Bertz CT molecular complexity index is 561. The van der Waals surface area contributed by atoms with Gasteiger partial charge in [0.1, 0.15) is 17.5 Å². The van der Waals surface area contributed by atoms with Crippen LogP contribution >= 0.6 is 0 Å². The average molecular weight is 251 g/mol. The number of benzene rings is 2. The van der Waals surface area contributed by atoms with E-state index in [-0.39, 0.29) is 5.82 Å². The van der Waals surface area contributed by atoms with Crippen molar-refractivity contribution in [3.05, 3.63) is 70.5 Å². The van der Waals surface area contributed by atoms with E-state index in [4.69, 9.17) is 5.73 Å². The minimum Gasteiger partial charge on any atom is -0.320 e. The van der Waals surface area contributed by atoms with Crippen LogP contribution in [0.1, 0.15) is 22.7 Å². The average Bonchev–Trinajstić information content (AvgIpc) is 2.26. The van der Waals surface area contributed by atoms with Crippen LogP contribution < -0.4 is 5.73 Å². The highest BCUT2D eigenvalue weighted by atomic mass is 19.1. The van der Waals surface area contributed by atoms with Crippen LogP contribution in [0.3, 0.4) is 0 Å². The third kappa shape index (κ3) is 2.54. The van der Waals surface area contributed by atoms with Crippen molar-refractivity contribution in [3.8, 4) is 0 Å². The molecule has 1 unspecified atom stereocenters. The van der Waals surface area contributed by atoms with Crippen molar-refractivity contribution < 1.29 is 13.2 Å². The maximum atomic E-state index is 13.1. The summed E-state index contributed by atoms with van der Waals surface area (Å²) in [5.41, 5.74) is 7.56. The number of hydrogen-bond donors (Lipinski definition) is 1. The van der Waals surface area contributed by atoms with Crippen molar-refractivity contribution >= 4 is 0 Å². The van der Waals surface area contributed by atoms with E-state index in [1.165, 1.54) is 30.3 Å². The van der Waals surface area contributed by atoms with Crippen molar-refractivity contribution in [1.82, 2.24) is 0 Å². The second-order valence-electron chi connectivity index (χ2n) is 4.18. The minimum atomic E-state index is -0.684. The third-order valence-electron chi connectivity index (χ3n) is 2.81. The standard InChI is InChI=1S/C14H12F3N/c1-8-4-10(15)2-3-13(8)14(18)9-5-11(16)7-12(17)6-9/h2-7,14H,18H2,1H3. The van der Waals surface area contributed by atoms with Gasteiger partial charge >= 0.3 is 0 Å². The van der Waals surface area contributed by atoms with Crippen molar-refractivity contribution in [2.24, 2.45) is 5.73 Å². The lowest BCUT2D eigenvalue weighted by atomic mass is 9.95. The summed E-state index contributed by atoms with van der Waals surface area (Å²) >= 11 is 0. The van der Waals surface area contributed by atoms with Gasteiger partial charge in [-0.15, -0.1) is 0 Å². The van der Waals surface area contributed by atoms with Gasteiger partial charge in [-0.1, -0.05) is 6.07 Å². The van der Waals surface area contributed by atoms with Crippen LogP contribution in [0.25, 0.3) is 0 Å². The van der Waals surface area contributed by atoms with Gasteiger partial charge in [-0.3, -0.25) is 0 Å². The van der Waals surface area contributed by atoms with Crippen molar-refractivity contribution in [1.29, 1.82) is 0 Å². The van der Waals surface area contributed by atoms with Gasteiger partial charge in [0.05, 0.1) is 6.04 Å². The molecule has 1 nitrogen and oxygen atoms in total. The lowest BCUT2D eigenvalue weighted by Gasteiger charge is -2.15. The molecule has 0 heterocycles. The molecule has 2 aromatic carbocycles. The molecule has 0 spiro atoms. The molecule has 18 heavy (non-hydrogen) atoms. The Hall–Kier alpha value is -1.81. The molecule has 94 valence electrons. The second-order valence-corrected chi connectivity index (χ2v) is 4.18. The first-order valence-corrected chi connectivity index (χ1v) is 5.45. The van der Waals surface area contributed by atoms with Crippen molar-refractivity contribution in [2.45, 2.75) is 13.0 Å². The number of aryl methyl sites for hydroxylation is 1. The summed E-state index contributed by atoms with van der Waals surface area (Å²) in [5, 5.41) is 0. The number of rotatable bonds is 2. The van der Waals surface area contributed by atoms with Gasteiger partial charge in [-0.2, -0.15) is 0 Å². The lowest BCUT2D eigenvalue weighted by molar-refractivity contribution is 0.577. The molecule has 0 aromatic heterocycles. The molecule has 0 aliphatic heterocycles. The van der Waals surface area contributed by atoms with E-state index < -0.39 is 17.7 Å². The molecule has 2 rings (SSSR count). The summed E-state index contributed by atoms with van der Waals surface area (Å²) in [5.74, 6) is -1.73. The van der Waals surface area contributed by atoms with E-state index in [1.54, 1.807) is 6.92 Å². The first-order valence-electron chi connectivity index (χ1n) is 5.45. The van der Waals surface area contributed by atoms with Crippen LogP contribution in [0, 0.1) is 24.4 Å². The van der Waals surface area contributed by atoms with E-state index in [1.807, 2.05) is 0 Å². The van der Waals surface area contributed by atoms with Crippen LogP contribution in [0.5, 0.6) is 0 Å². The van der Waals surface area contributed by atoms with Gasteiger partial charge < -0.3 is 5.73 Å². The zero-order valence-corrected chi connectivity index (χ0v) is 9.75. The van der Waals surface area contributed by atoms with Crippen LogP contribution in [0.4, 0.5) is 13.2 Å². The Kier molecular flexibility index (Phi) is 3.39. The SMILES string of the molecule is Cc1cc(F)ccc1C(N)c1cc(F)cc(F)c1. The van der Waals surface area contributed by atoms with E-state index in [9.17, 15) is 13.2 Å². The molecule has 2 aromatic rings. The first-order chi connectivity index (χ1) is 8.47.